The van der Waals surface area contributed by atoms with E-state index in [9.17, 15) is 8.42 Å². The second kappa shape index (κ2) is 8.16. The lowest BCUT2D eigenvalue weighted by molar-refractivity contribution is 0.596. The first-order chi connectivity index (χ1) is 14.8. The van der Waals surface area contributed by atoms with E-state index in [2.05, 4.69) is 0 Å². The van der Waals surface area contributed by atoms with Crippen molar-refractivity contribution in [3.05, 3.63) is 107 Å². The minimum absolute atomic E-state index is 0.333. The highest BCUT2D eigenvalue weighted by molar-refractivity contribution is 7.91. The Labute approximate surface area is 185 Å². The number of aryl methyl sites for hydroxylation is 4. The largest absolute Gasteiger partial charge is 0.218 e. The molecule has 4 aromatic carbocycles. The molecule has 0 saturated heterocycles. The molecule has 0 fully saturated rings. The molecular weight excluding hydrogens is 400 g/mol. The smallest absolute Gasteiger partial charge is 0.207 e. The molecule has 2 nitrogen and oxygen atoms in total. The van der Waals surface area contributed by atoms with Crippen molar-refractivity contribution in [2.45, 2.75) is 37.5 Å². The summed E-state index contributed by atoms with van der Waals surface area (Å²) >= 11 is 0. The summed E-state index contributed by atoms with van der Waals surface area (Å²) in [6.07, 6.45) is 0. The molecule has 0 N–H and O–H groups in total. The Morgan fingerprint density at radius 2 is 0.774 bits per heavy atom. The van der Waals surface area contributed by atoms with E-state index in [1.807, 2.05) is 100 Å². The molecule has 0 aliphatic carbocycles. The highest BCUT2D eigenvalue weighted by Gasteiger charge is 2.25. The van der Waals surface area contributed by atoms with Crippen molar-refractivity contribution in [2.24, 2.45) is 0 Å². The molecule has 0 aliphatic rings. The molecule has 0 spiro atoms. The van der Waals surface area contributed by atoms with E-state index in [-0.39, 0.29) is 0 Å². The van der Waals surface area contributed by atoms with Crippen LogP contribution < -0.4 is 0 Å². The molecule has 0 heterocycles. The molecule has 0 atom stereocenters. The number of hydrogen-bond donors (Lipinski definition) is 0. The van der Waals surface area contributed by atoms with Gasteiger partial charge in [0.05, 0.1) is 9.79 Å². The van der Waals surface area contributed by atoms with Gasteiger partial charge in [0.25, 0.3) is 0 Å². The van der Waals surface area contributed by atoms with Crippen LogP contribution in [-0.4, -0.2) is 8.42 Å². The SMILES string of the molecule is Cc1ccc(-c2cc(C)ccc2S(=O)(=O)c2ccc(C)cc2-c2ccc(C)cc2)cc1. The van der Waals surface area contributed by atoms with E-state index in [0.29, 0.717) is 9.79 Å². The van der Waals surface area contributed by atoms with Crippen LogP contribution in [0.15, 0.2) is 94.7 Å². The van der Waals surface area contributed by atoms with Crippen LogP contribution in [0.25, 0.3) is 22.3 Å². The zero-order chi connectivity index (χ0) is 22.2. The number of hydrogen-bond acceptors (Lipinski definition) is 2. The summed E-state index contributed by atoms with van der Waals surface area (Å²) in [5.74, 6) is 0. The number of sulfone groups is 1. The van der Waals surface area contributed by atoms with Gasteiger partial charge < -0.3 is 0 Å². The van der Waals surface area contributed by atoms with E-state index < -0.39 is 9.84 Å². The van der Waals surface area contributed by atoms with E-state index in [4.69, 9.17) is 0 Å². The maximum Gasteiger partial charge on any atom is 0.207 e. The molecular formula is C28H26O2S. The van der Waals surface area contributed by atoms with Crippen LogP contribution in [0.3, 0.4) is 0 Å². The minimum atomic E-state index is -3.75. The van der Waals surface area contributed by atoms with Gasteiger partial charge in [0.2, 0.25) is 9.84 Å². The van der Waals surface area contributed by atoms with E-state index in [1.165, 1.54) is 0 Å². The third-order valence-electron chi connectivity index (χ3n) is 5.57. The van der Waals surface area contributed by atoms with Gasteiger partial charge in [-0.05, 0) is 51.0 Å². The van der Waals surface area contributed by atoms with Crippen LogP contribution in [0.5, 0.6) is 0 Å². The van der Waals surface area contributed by atoms with Crippen LogP contribution >= 0.6 is 0 Å². The molecule has 0 amide bonds. The zero-order valence-corrected chi connectivity index (χ0v) is 19.1. The number of benzene rings is 4. The molecule has 0 saturated carbocycles. The molecule has 0 unspecified atom stereocenters. The van der Waals surface area contributed by atoms with Gasteiger partial charge in [-0.25, -0.2) is 8.42 Å². The first-order valence-corrected chi connectivity index (χ1v) is 11.8. The van der Waals surface area contributed by atoms with E-state index in [0.717, 1.165) is 44.5 Å². The maximum atomic E-state index is 14.0. The van der Waals surface area contributed by atoms with Crippen LogP contribution in [-0.2, 0) is 9.84 Å². The topological polar surface area (TPSA) is 34.1 Å². The molecule has 0 aliphatic heterocycles. The Bertz CT molecular complexity index is 1250. The second-order valence-corrected chi connectivity index (χ2v) is 10.1. The Kier molecular flexibility index (Phi) is 5.55. The van der Waals surface area contributed by atoms with Crippen molar-refractivity contribution in [1.29, 1.82) is 0 Å². The minimum Gasteiger partial charge on any atom is -0.218 e. The van der Waals surface area contributed by atoms with Crippen LogP contribution in [0.2, 0.25) is 0 Å². The monoisotopic (exact) mass is 426 g/mol. The quantitative estimate of drug-likeness (QED) is 0.349. The zero-order valence-electron chi connectivity index (χ0n) is 18.3. The van der Waals surface area contributed by atoms with E-state index in [1.54, 1.807) is 12.1 Å². The molecule has 4 aromatic rings. The van der Waals surface area contributed by atoms with Gasteiger partial charge in [0.15, 0.2) is 0 Å². The van der Waals surface area contributed by atoms with Crippen molar-refractivity contribution < 1.29 is 8.42 Å². The maximum absolute atomic E-state index is 14.0. The van der Waals surface area contributed by atoms with Crippen molar-refractivity contribution in [2.75, 3.05) is 0 Å². The predicted octanol–water partition coefficient (Wildman–Crippen LogP) is 7.09. The summed E-state index contributed by atoms with van der Waals surface area (Å²) in [6, 6.07) is 27.1. The lowest BCUT2D eigenvalue weighted by atomic mass is 10.0. The van der Waals surface area contributed by atoms with Crippen molar-refractivity contribution in [1.82, 2.24) is 0 Å². The Morgan fingerprint density at radius 1 is 0.452 bits per heavy atom. The molecule has 0 aromatic heterocycles. The lowest BCUT2D eigenvalue weighted by Gasteiger charge is -2.16. The lowest BCUT2D eigenvalue weighted by Crippen LogP contribution is -2.06. The third kappa shape index (κ3) is 4.19. The molecule has 0 radical (unpaired) electrons. The average molecular weight is 427 g/mol. The molecule has 31 heavy (non-hydrogen) atoms. The van der Waals surface area contributed by atoms with Gasteiger partial charge >= 0.3 is 0 Å². The fraction of sp³-hybridized carbons (Fsp3) is 0.143. The van der Waals surface area contributed by atoms with Gasteiger partial charge in [-0.3, -0.25) is 0 Å². The molecule has 4 rings (SSSR count). The van der Waals surface area contributed by atoms with Crippen molar-refractivity contribution >= 4 is 9.84 Å². The average Bonchev–Trinajstić information content (AvgIpc) is 2.74. The Morgan fingerprint density at radius 3 is 1.13 bits per heavy atom. The van der Waals surface area contributed by atoms with Crippen molar-refractivity contribution in [3.8, 4) is 22.3 Å². The molecule has 156 valence electrons. The summed E-state index contributed by atoms with van der Waals surface area (Å²) in [6.45, 7) is 8.02. The van der Waals surface area contributed by atoms with E-state index >= 15 is 0 Å². The normalized spacial score (nSPS) is 11.5. The first kappa shape index (κ1) is 21.1. The fourth-order valence-corrected chi connectivity index (χ4v) is 5.46. The van der Waals surface area contributed by atoms with Gasteiger partial charge in [-0.1, -0.05) is 95.1 Å². The van der Waals surface area contributed by atoms with Crippen LogP contribution in [0, 0.1) is 27.7 Å². The number of rotatable bonds is 4. The molecule has 3 heteroatoms. The summed E-state index contributed by atoms with van der Waals surface area (Å²) < 4.78 is 28.0. The van der Waals surface area contributed by atoms with Gasteiger partial charge in [0.1, 0.15) is 0 Å². The van der Waals surface area contributed by atoms with Gasteiger partial charge in [0, 0.05) is 11.1 Å². The van der Waals surface area contributed by atoms with Crippen LogP contribution in [0.4, 0.5) is 0 Å². The van der Waals surface area contributed by atoms with Gasteiger partial charge in [-0.15, -0.1) is 0 Å². The van der Waals surface area contributed by atoms with Crippen molar-refractivity contribution in [3.63, 3.8) is 0 Å². The fourth-order valence-electron chi connectivity index (χ4n) is 3.79. The van der Waals surface area contributed by atoms with Gasteiger partial charge in [-0.2, -0.15) is 0 Å². The summed E-state index contributed by atoms with van der Waals surface area (Å²) in [7, 11) is -3.75. The summed E-state index contributed by atoms with van der Waals surface area (Å²) in [5, 5.41) is 0. The Hall–Kier alpha value is -3.17. The second-order valence-electron chi connectivity index (χ2n) is 8.23. The predicted molar refractivity (Wildman–Crippen MR) is 128 cm³/mol. The third-order valence-corrected chi connectivity index (χ3v) is 7.44. The Balaban J connectivity index is 1.95. The first-order valence-electron chi connectivity index (χ1n) is 10.4. The highest BCUT2D eigenvalue weighted by Crippen LogP contribution is 2.37. The summed E-state index contributed by atoms with van der Waals surface area (Å²) in [5.41, 5.74) is 7.59. The summed E-state index contributed by atoms with van der Waals surface area (Å²) in [4.78, 5) is 0.665. The molecule has 0 bridgehead atoms. The highest BCUT2D eigenvalue weighted by atomic mass is 32.2. The van der Waals surface area contributed by atoms with Crippen LogP contribution in [0.1, 0.15) is 22.3 Å². The standard InChI is InChI=1S/C28H26O2S/c1-19-5-11-23(12-6-19)25-17-21(3)9-15-27(25)31(29,30)28-16-10-22(4)18-26(28)24-13-7-20(2)8-14-24/h5-18H,1-4H3.